The van der Waals surface area contributed by atoms with Gasteiger partial charge in [-0.15, -0.1) is 0 Å². The van der Waals surface area contributed by atoms with Crippen molar-refractivity contribution in [3.8, 4) is 0 Å². The van der Waals surface area contributed by atoms with E-state index in [1.807, 2.05) is 17.9 Å². The van der Waals surface area contributed by atoms with Crippen LogP contribution in [0.25, 0.3) is 0 Å². The molecule has 0 unspecified atom stereocenters. The number of fused-ring (bicyclic) bond motifs is 1. The summed E-state index contributed by atoms with van der Waals surface area (Å²) in [6.45, 7) is 2.61. The Hall–Kier alpha value is -1.34. The lowest BCUT2D eigenvalue weighted by Crippen LogP contribution is -2.37. The van der Waals surface area contributed by atoms with Crippen molar-refractivity contribution < 1.29 is 13.2 Å². The average molecular weight is 324 g/mol. The second-order valence-corrected chi connectivity index (χ2v) is 8.51. The summed E-state index contributed by atoms with van der Waals surface area (Å²) in [5.74, 6) is 0.0634. The Morgan fingerprint density at radius 2 is 2.05 bits per heavy atom. The minimum atomic E-state index is -2.96. The molecule has 2 aliphatic heterocycles. The number of amidine groups is 1. The van der Waals surface area contributed by atoms with Crippen LogP contribution in [0.15, 0.2) is 35.3 Å². The standard InChI is InChI=1S/C14H16N2O3S2/c1-2-16-11-8-21(18,19)9-12(11)20-14(16)15-13(17)10-6-4-3-5-7-10/h3-7,11-12H,2,8-9H2,1H3/t11-,12-/m0/s1. The van der Waals surface area contributed by atoms with Gasteiger partial charge in [-0.2, -0.15) is 4.99 Å². The molecular weight excluding hydrogens is 308 g/mol. The molecule has 112 valence electrons. The number of sulfone groups is 1. The Kier molecular flexibility index (Phi) is 3.79. The lowest BCUT2D eigenvalue weighted by Gasteiger charge is -2.22. The van der Waals surface area contributed by atoms with Crippen LogP contribution in [-0.4, -0.2) is 53.7 Å². The summed E-state index contributed by atoms with van der Waals surface area (Å²) in [5.41, 5.74) is 0.548. The average Bonchev–Trinajstić information content (AvgIpc) is 2.90. The molecule has 0 radical (unpaired) electrons. The van der Waals surface area contributed by atoms with E-state index in [-0.39, 0.29) is 28.7 Å². The number of nitrogens with zero attached hydrogens (tertiary/aromatic N) is 2. The van der Waals surface area contributed by atoms with Gasteiger partial charge in [0.25, 0.3) is 5.91 Å². The van der Waals surface area contributed by atoms with Crippen LogP contribution in [0.3, 0.4) is 0 Å². The predicted molar refractivity (Wildman–Crippen MR) is 84.4 cm³/mol. The van der Waals surface area contributed by atoms with Crippen molar-refractivity contribution in [1.82, 2.24) is 4.90 Å². The molecule has 5 nitrogen and oxygen atoms in total. The molecule has 0 spiro atoms. The normalized spacial score (nSPS) is 28.8. The Bertz CT molecular complexity index is 685. The summed E-state index contributed by atoms with van der Waals surface area (Å²) in [7, 11) is -2.96. The molecule has 2 saturated heterocycles. The first kappa shape index (κ1) is 14.6. The molecule has 0 bridgehead atoms. The predicted octanol–water partition coefficient (Wildman–Crippen LogP) is 1.42. The van der Waals surface area contributed by atoms with E-state index in [9.17, 15) is 13.2 Å². The van der Waals surface area contributed by atoms with Gasteiger partial charge in [0.05, 0.1) is 17.5 Å². The van der Waals surface area contributed by atoms with Crippen LogP contribution in [-0.2, 0) is 9.84 Å². The SMILES string of the molecule is CCN1C(=NC(=O)c2ccccc2)S[C@H]2CS(=O)(=O)C[C@@H]21. The van der Waals surface area contributed by atoms with Gasteiger partial charge in [0.2, 0.25) is 0 Å². The zero-order valence-electron chi connectivity index (χ0n) is 11.6. The minimum Gasteiger partial charge on any atom is -0.346 e. The van der Waals surface area contributed by atoms with E-state index in [1.54, 1.807) is 24.3 Å². The fraction of sp³-hybridized carbons (Fsp3) is 0.429. The molecule has 2 aliphatic rings. The molecule has 0 saturated carbocycles. The highest BCUT2D eigenvalue weighted by molar-refractivity contribution is 8.15. The Morgan fingerprint density at radius 1 is 1.33 bits per heavy atom. The van der Waals surface area contributed by atoms with Gasteiger partial charge < -0.3 is 4.90 Å². The maximum Gasteiger partial charge on any atom is 0.279 e. The molecule has 0 N–H and O–H groups in total. The molecule has 0 aliphatic carbocycles. The maximum atomic E-state index is 12.2. The molecule has 21 heavy (non-hydrogen) atoms. The largest absolute Gasteiger partial charge is 0.346 e. The first-order valence-corrected chi connectivity index (χ1v) is 9.52. The monoisotopic (exact) mass is 324 g/mol. The van der Waals surface area contributed by atoms with Crippen LogP contribution in [0.1, 0.15) is 17.3 Å². The number of thioether (sulfide) groups is 1. The van der Waals surface area contributed by atoms with Gasteiger partial charge >= 0.3 is 0 Å². The number of amides is 1. The van der Waals surface area contributed by atoms with Gasteiger partial charge in [-0.3, -0.25) is 4.79 Å². The summed E-state index contributed by atoms with van der Waals surface area (Å²) < 4.78 is 23.4. The van der Waals surface area contributed by atoms with Crippen molar-refractivity contribution in [1.29, 1.82) is 0 Å². The van der Waals surface area contributed by atoms with Crippen molar-refractivity contribution >= 4 is 32.7 Å². The third-order valence-corrected chi connectivity index (χ3v) is 6.98. The van der Waals surface area contributed by atoms with Gasteiger partial charge in [0, 0.05) is 17.4 Å². The highest BCUT2D eigenvalue weighted by Crippen LogP contribution is 2.37. The molecule has 2 atom stereocenters. The van der Waals surface area contributed by atoms with Crippen molar-refractivity contribution in [2.45, 2.75) is 18.2 Å². The molecule has 1 aromatic rings. The summed E-state index contributed by atoms with van der Waals surface area (Å²) in [6.07, 6.45) is 0. The van der Waals surface area contributed by atoms with E-state index >= 15 is 0 Å². The lowest BCUT2D eigenvalue weighted by atomic mass is 10.2. The molecule has 2 heterocycles. The van der Waals surface area contributed by atoms with Crippen molar-refractivity contribution in [2.75, 3.05) is 18.1 Å². The summed E-state index contributed by atoms with van der Waals surface area (Å²) in [5, 5.41) is 0.647. The molecule has 0 aromatic heterocycles. The smallest absolute Gasteiger partial charge is 0.279 e. The fourth-order valence-electron chi connectivity index (χ4n) is 2.74. The number of aliphatic imine (C=N–C) groups is 1. The van der Waals surface area contributed by atoms with Crippen LogP contribution >= 0.6 is 11.8 Å². The quantitative estimate of drug-likeness (QED) is 0.823. The number of hydrogen-bond donors (Lipinski definition) is 0. The number of rotatable bonds is 2. The van der Waals surface area contributed by atoms with E-state index in [0.717, 1.165) is 0 Å². The van der Waals surface area contributed by atoms with E-state index in [2.05, 4.69) is 4.99 Å². The van der Waals surface area contributed by atoms with Crippen LogP contribution in [0, 0.1) is 0 Å². The van der Waals surface area contributed by atoms with Gasteiger partial charge in [-0.25, -0.2) is 8.42 Å². The van der Waals surface area contributed by atoms with E-state index in [1.165, 1.54) is 11.8 Å². The Morgan fingerprint density at radius 3 is 2.71 bits per heavy atom. The third kappa shape index (κ3) is 2.85. The van der Waals surface area contributed by atoms with E-state index in [4.69, 9.17) is 0 Å². The van der Waals surface area contributed by atoms with Crippen LogP contribution < -0.4 is 0 Å². The molecule has 7 heteroatoms. The highest BCUT2D eigenvalue weighted by atomic mass is 32.2. The maximum absolute atomic E-state index is 12.2. The van der Waals surface area contributed by atoms with Crippen molar-refractivity contribution in [3.05, 3.63) is 35.9 Å². The Balaban J connectivity index is 1.84. The summed E-state index contributed by atoms with van der Waals surface area (Å²) in [4.78, 5) is 18.3. The van der Waals surface area contributed by atoms with Gasteiger partial charge in [0.1, 0.15) is 0 Å². The summed E-state index contributed by atoms with van der Waals surface area (Å²) >= 11 is 1.42. The topological polar surface area (TPSA) is 66.8 Å². The van der Waals surface area contributed by atoms with Crippen LogP contribution in [0.5, 0.6) is 0 Å². The van der Waals surface area contributed by atoms with Crippen LogP contribution in [0.4, 0.5) is 0 Å². The van der Waals surface area contributed by atoms with Gasteiger partial charge in [-0.1, -0.05) is 30.0 Å². The zero-order valence-corrected chi connectivity index (χ0v) is 13.2. The second kappa shape index (κ2) is 5.46. The van der Waals surface area contributed by atoms with Crippen molar-refractivity contribution in [2.24, 2.45) is 4.99 Å². The molecule has 1 amide bonds. The molecule has 1 aromatic carbocycles. The Labute approximate surface area is 128 Å². The number of hydrogen-bond acceptors (Lipinski definition) is 4. The van der Waals surface area contributed by atoms with Crippen LogP contribution in [0.2, 0.25) is 0 Å². The number of benzene rings is 1. The van der Waals surface area contributed by atoms with E-state index in [0.29, 0.717) is 17.3 Å². The molecule has 3 rings (SSSR count). The molecule has 2 fully saturated rings. The third-order valence-electron chi connectivity index (χ3n) is 3.73. The van der Waals surface area contributed by atoms with Gasteiger partial charge in [0.15, 0.2) is 15.0 Å². The fourth-order valence-corrected chi connectivity index (χ4v) is 6.75. The summed E-state index contributed by atoms with van der Waals surface area (Å²) in [6, 6.07) is 8.86. The van der Waals surface area contributed by atoms with E-state index < -0.39 is 9.84 Å². The highest BCUT2D eigenvalue weighted by Gasteiger charge is 2.48. The minimum absolute atomic E-state index is 0.00252. The first-order valence-electron chi connectivity index (χ1n) is 6.82. The molecular formula is C14H16N2O3S2. The lowest BCUT2D eigenvalue weighted by molar-refractivity contribution is 0.100. The van der Waals surface area contributed by atoms with Crippen molar-refractivity contribution in [3.63, 3.8) is 0 Å². The second-order valence-electron chi connectivity index (χ2n) is 5.15. The van der Waals surface area contributed by atoms with Gasteiger partial charge in [-0.05, 0) is 19.1 Å². The number of carbonyl (C=O) groups excluding carboxylic acids is 1. The number of carbonyl (C=O) groups is 1. The first-order chi connectivity index (χ1) is 10.00. The zero-order chi connectivity index (χ0) is 15.0.